The van der Waals surface area contributed by atoms with Crippen LogP contribution < -0.4 is 10.1 Å². The van der Waals surface area contributed by atoms with Crippen LogP contribution in [0, 0.1) is 13.8 Å². The lowest BCUT2D eigenvalue weighted by molar-refractivity contribution is -0.139. The van der Waals surface area contributed by atoms with E-state index in [4.69, 9.17) is 4.74 Å². The number of para-hydroxylation sites is 2. The molecule has 5 nitrogen and oxygen atoms in total. The van der Waals surface area contributed by atoms with Crippen LogP contribution in [0.5, 0.6) is 5.75 Å². The number of amides is 2. The summed E-state index contributed by atoms with van der Waals surface area (Å²) in [7, 11) is 1.62. The Morgan fingerprint density at radius 3 is 2.48 bits per heavy atom. The average molecular weight is 338 g/mol. The molecule has 0 bridgehead atoms. The minimum absolute atomic E-state index is 0.0111. The quantitative estimate of drug-likeness (QED) is 0.932. The highest BCUT2D eigenvalue weighted by Gasteiger charge is 2.31. The van der Waals surface area contributed by atoms with E-state index >= 15 is 0 Å². The molecule has 1 heterocycles. The second-order valence-electron chi connectivity index (χ2n) is 6.43. The zero-order valence-electron chi connectivity index (χ0n) is 14.7. The predicted molar refractivity (Wildman–Crippen MR) is 96.7 cm³/mol. The molecule has 0 aliphatic carbocycles. The van der Waals surface area contributed by atoms with Crippen LogP contribution in [0.25, 0.3) is 0 Å². The van der Waals surface area contributed by atoms with E-state index in [0.29, 0.717) is 6.42 Å². The lowest BCUT2D eigenvalue weighted by Gasteiger charge is -2.21. The third-order valence-electron chi connectivity index (χ3n) is 4.43. The van der Waals surface area contributed by atoms with Crippen LogP contribution in [0.3, 0.4) is 0 Å². The first-order valence-electron chi connectivity index (χ1n) is 8.31. The molecule has 1 atom stereocenters. The number of carbonyl (C=O) groups is 2. The lowest BCUT2D eigenvalue weighted by Crippen LogP contribution is -2.42. The number of rotatable bonds is 4. The fraction of sp³-hybridized carbons (Fsp3) is 0.300. The molecule has 0 aromatic heterocycles. The summed E-state index contributed by atoms with van der Waals surface area (Å²) in [6.45, 7) is 3.88. The maximum Gasteiger partial charge on any atom is 0.264 e. The van der Waals surface area contributed by atoms with Crippen molar-refractivity contribution in [3.8, 4) is 5.75 Å². The van der Waals surface area contributed by atoms with Gasteiger partial charge in [0.2, 0.25) is 5.91 Å². The van der Waals surface area contributed by atoms with Crippen molar-refractivity contribution in [2.24, 2.45) is 0 Å². The van der Waals surface area contributed by atoms with Crippen molar-refractivity contribution in [2.75, 3.05) is 18.9 Å². The monoisotopic (exact) mass is 338 g/mol. The molecule has 3 rings (SSSR count). The maximum atomic E-state index is 12.6. The number of carbonyl (C=O) groups excluding carboxylic acids is 2. The number of ether oxygens (including phenoxy) is 1. The van der Waals surface area contributed by atoms with E-state index in [9.17, 15) is 9.59 Å². The Hall–Kier alpha value is -2.82. The van der Waals surface area contributed by atoms with Crippen molar-refractivity contribution in [1.29, 1.82) is 0 Å². The molecule has 0 radical (unpaired) electrons. The molecular weight excluding hydrogens is 316 g/mol. The van der Waals surface area contributed by atoms with Gasteiger partial charge in [0.15, 0.2) is 6.10 Å². The molecule has 0 saturated carbocycles. The second-order valence-corrected chi connectivity index (χ2v) is 6.43. The van der Waals surface area contributed by atoms with Crippen molar-refractivity contribution in [2.45, 2.75) is 26.4 Å². The Morgan fingerprint density at radius 2 is 1.80 bits per heavy atom. The molecule has 0 unspecified atom stereocenters. The molecule has 2 amide bonds. The van der Waals surface area contributed by atoms with E-state index < -0.39 is 6.10 Å². The SMILES string of the molecule is Cc1cccc(C)c1NC(=O)CN(C)C(=O)[C@@H]1Cc2ccccc2O1. The van der Waals surface area contributed by atoms with Gasteiger partial charge >= 0.3 is 0 Å². The molecule has 130 valence electrons. The molecule has 0 saturated heterocycles. The van der Waals surface area contributed by atoms with Gasteiger partial charge in [0.1, 0.15) is 5.75 Å². The Bertz CT molecular complexity index is 771. The molecule has 1 N–H and O–H groups in total. The van der Waals surface area contributed by atoms with Gasteiger partial charge in [-0.25, -0.2) is 0 Å². The van der Waals surface area contributed by atoms with Crippen LogP contribution in [0.15, 0.2) is 42.5 Å². The Balaban J connectivity index is 1.60. The number of nitrogens with one attached hydrogen (secondary N) is 1. The number of nitrogens with zero attached hydrogens (tertiary/aromatic N) is 1. The van der Waals surface area contributed by atoms with Crippen LogP contribution in [0.2, 0.25) is 0 Å². The van der Waals surface area contributed by atoms with Gasteiger partial charge in [0.05, 0.1) is 6.54 Å². The fourth-order valence-corrected chi connectivity index (χ4v) is 3.05. The zero-order valence-corrected chi connectivity index (χ0v) is 14.7. The Kier molecular flexibility index (Phi) is 4.74. The number of hydrogen-bond donors (Lipinski definition) is 1. The van der Waals surface area contributed by atoms with Crippen LogP contribution in [-0.4, -0.2) is 36.4 Å². The highest BCUT2D eigenvalue weighted by atomic mass is 16.5. The summed E-state index contributed by atoms with van der Waals surface area (Å²) in [5.41, 5.74) is 3.82. The second kappa shape index (κ2) is 6.97. The Morgan fingerprint density at radius 1 is 1.12 bits per heavy atom. The van der Waals surface area contributed by atoms with Crippen molar-refractivity contribution in [3.05, 3.63) is 59.2 Å². The zero-order chi connectivity index (χ0) is 18.0. The van der Waals surface area contributed by atoms with Crippen molar-refractivity contribution < 1.29 is 14.3 Å². The Labute approximate surface area is 147 Å². The van der Waals surface area contributed by atoms with Gasteiger partial charge in [0.25, 0.3) is 5.91 Å². The number of hydrogen-bond acceptors (Lipinski definition) is 3. The van der Waals surface area contributed by atoms with Crippen LogP contribution in [0.1, 0.15) is 16.7 Å². The van der Waals surface area contributed by atoms with Crippen LogP contribution >= 0.6 is 0 Å². The standard InChI is InChI=1S/C20H22N2O3/c1-13-7-6-8-14(2)19(13)21-18(23)12-22(3)20(24)17-11-15-9-4-5-10-16(15)25-17/h4-10,17H,11-12H2,1-3H3,(H,21,23)/t17-/m0/s1. The molecule has 0 fully saturated rings. The van der Waals surface area contributed by atoms with Crippen molar-refractivity contribution >= 4 is 17.5 Å². The van der Waals surface area contributed by atoms with Gasteiger partial charge < -0.3 is 15.0 Å². The molecule has 0 spiro atoms. The third kappa shape index (κ3) is 3.65. The first-order valence-corrected chi connectivity index (χ1v) is 8.31. The average Bonchev–Trinajstić information content (AvgIpc) is 3.01. The first kappa shape index (κ1) is 17.0. The highest BCUT2D eigenvalue weighted by molar-refractivity contribution is 5.96. The van der Waals surface area contributed by atoms with Crippen LogP contribution in [-0.2, 0) is 16.0 Å². The number of benzene rings is 2. The van der Waals surface area contributed by atoms with E-state index in [0.717, 1.165) is 28.1 Å². The van der Waals surface area contributed by atoms with Gasteiger partial charge in [-0.3, -0.25) is 9.59 Å². The summed E-state index contributed by atoms with van der Waals surface area (Å²) < 4.78 is 5.71. The minimum atomic E-state index is -0.560. The predicted octanol–water partition coefficient (Wildman–Crippen LogP) is 2.70. The summed E-state index contributed by atoms with van der Waals surface area (Å²) >= 11 is 0. The summed E-state index contributed by atoms with van der Waals surface area (Å²) in [6.07, 6.45) is -0.0203. The molecule has 25 heavy (non-hydrogen) atoms. The summed E-state index contributed by atoms with van der Waals surface area (Å²) in [5, 5.41) is 2.90. The van der Waals surface area contributed by atoms with E-state index in [-0.39, 0.29) is 18.4 Å². The molecule has 1 aliphatic rings. The summed E-state index contributed by atoms with van der Waals surface area (Å²) in [5.74, 6) is 0.339. The van der Waals surface area contributed by atoms with E-state index in [1.165, 1.54) is 4.90 Å². The summed E-state index contributed by atoms with van der Waals surface area (Å²) in [4.78, 5) is 26.3. The van der Waals surface area contributed by atoms with Crippen LogP contribution in [0.4, 0.5) is 5.69 Å². The molecule has 2 aromatic rings. The van der Waals surface area contributed by atoms with Crippen molar-refractivity contribution in [3.63, 3.8) is 0 Å². The van der Waals surface area contributed by atoms with Gasteiger partial charge in [-0.15, -0.1) is 0 Å². The van der Waals surface area contributed by atoms with E-state index in [1.54, 1.807) is 7.05 Å². The normalized spacial score (nSPS) is 15.2. The van der Waals surface area contributed by atoms with Gasteiger partial charge in [0, 0.05) is 19.2 Å². The van der Waals surface area contributed by atoms with E-state index in [1.807, 2.05) is 56.3 Å². The highest BCUT2D eigenvalue weighted by Crippen LogP contribution is 2.28. The largest absolute Gasteiger partial charge is 0.480 e. The third-order valence-corrected chi connectivity index (χ3v) is 4.43. The lowest BCUT2D eigenvalue weighted by atomic mass is 10.1. The number of anilines is 1. The van der Waals surface area contributed by atoms with E-state index in [2.05, 4.69) is 5.32 Å². The molecular formula is C20H22N2O3. The number of likely N-dealkylation sites (N-methyl/N-ethyl adjacent to an activating group) is 1. The number of fused-ring (bicyclic) bond motifs is 1. The summed E-state index contributed by atoms with van der Waals surface area (Å²) in [6, 6.07) is 13.5. The molecule has 5 heteroatoms. The molecule has 1 aliphatic heterocycles. The first-order chi connectivity index (χ1) is 12.0. The van der Waals surface area contributed by atoms with Gasteiger partial charge in [-0.1, -0.05) is 36.4 Å². The van der Waals surface area contributed by atoms with Gasteiger partial charge in [-0.2, -0.15) is 0 Å². The van der Waals surface area contributed by atoms with Crippen molar-refractivity contribution in [1.82, 2.24) is 4.90 Å². The topological polar surface area (TPSA) is 58.6 Å². The smallest absolute Gasteiger partial charge is 0.264 e. The minimum Gasteiger partial charge on any atom is -0.480 e. The van der Waals surface area contributed by atoms with Gasteiger partial charge in [-0.05, 0) is 36.6 Å². The maximum absolute atomic E-state index is 12.6. The molecule has 2 aromatic carbocycles. The number of aryl methyl sites for hydroxylation is 2. The fourth-order valence-electron chi connectivity index (χ4n) is 3.05.